The van der Waals surface area contributed by atoms with Gasteiger partial charge in [-0.05, 0) is 40.7 Å². The molecule has 0 saturated carbocycles. The van der Waals surface area contributed by atoms with E-state index in [9.17, 15) is 19.8 Å². The largest absolute Gasteiger partial charge is 0.481 e. The lowest BCUT2D eigenvalue weighted by atomic mass is 9.97. The van der Waals surface area contributed by atoms with E-state index < -0.39 is 12.3 Å². The smallest absolute Gasteiger partial charge is 0.303 e. The molecule has 0 unspecified atom stereocenters. The molecule has 43 heavy (non-hydrogen) atoms. The van der Waals surface area contributed by atoms with E-state index >= 15 is 0 Å². The zero-order chi connectivity index (χ0) is 30.2. The van der Waals surface area contributed by atoms with Crippen molar-refractivity contribution in [2.45, 2.75) is 69.9 Å². The van der Waals surface area contributed by atoms with Gasteiger partial charge in [0.2, 0.25) is 5.91 Å². The highest BCUT2D eigenvalue weighted by atomic mass is 16.7. The quantitative estimate of drug-likeness (QED) is 0.246. The van der Waals surface area contributed by atoms with E-state index in [0.29, 0.717) is 25.9 Å². The molecule has 0 radical (unpaired) electrons. The number of nitrogens with one attached hydrogen (secondary N) is 1. The summed E-state index contributed by atoms with van der Waals surface area (Å²) in [5.74, 6) is -1.07. The molecule has 2 fully saturated rings. The number of hydrogen-bond acceptors (Lipinski definition) is 7. The van der Waals surface area contributed by atoms with E-state index in [-0.39, 0.29) is 43.7 Å². The maximum absolute atomic E-state index is 12.2. The molecule has 0 bridgehead atoms. The number of carbonyl (C=O) groups is 2. The number of amides is 1. The number of likely N-dealkylation sites (tertiary alicyclic amines) is 1. The Labute approximate surface area is 252 Å². The Bertz CT molecular complexity index is 1360. The second-order valence-corrected chi connectivity index (χ2v) is 11.4. The molecule has 4 atom stereocenters. The molecule has 5 rings (SSSR count). The molecule has 2 heterocycles. The van der Waals surface area contributed by atoms with Crippen LogP contribution >= 0.6 is 0 Å². The zero-order valence-electron chi connectivity index (χ0n) is 24.2. The number of carboxylic acids is 1. The zero-order valence-corrected chi connectivity index (χ0v) is 24.2. The lowest BCUT2D eigenvalue weighted by molar-refractivity contribution is -0.252. The molecule has 2 saturated heterocycles. The molecule has 2 aliphatic rings. The maximum Gasteiger partial charge on any atom is 0.303 e. The van der Waals surface area contributed by atoms with Crippen molar-refractivity contribution < 1.29 is 34.4 Å². The van der Waals surface area contributed by atoms with E-state index in [1.807, 2.05) is 72.8 Å². The number of aliphatic carboxylic acids is 1. The molecule has 2 aliphatic heterocycles. The van der Waals surface area contributed by atoms with Crippen LogP contribution < -0.4 is 5.32 Å². The summed E-state index contributed by atoms with van der Waals surface area (Å²) < 4.78 is 13.0. The summed E-state index contributed by atoms with van der Waals surface area (Å²) in [6.45, 7) is 2.56. The van der Waals surface area contributed by atoms with Gasteiger partial charge in [0.25, 0.3) is 0 Å². The van der Waals surface area contributed by atoms with Crippen LogP contribution in [0.25, 0.3) is 11.1 Å². The van der Waals surface area contributed by atoms with Crippen LogP contribution in [0.5, 0.6) is 0 Å². The standard InChI is InChI=1S/C34H40N2O7/c37-22-23-8-10-25(11-9-23)31-18-29(21-36-17-16-28(38)20-36)42-34(43-31)26-14-12-24(13-15-26)30-5-2-1-4-27(30)19-35-32(39)6-3-7-33(40)41/h1-2,4-5,8-15,28-29,31,34,37-38H,3,6-7,16-22H2,(H,35,39)(H,40,41)/t28-,29-,31+,34+/m0/s1. The van der Waals surface area contributed by atoms with Crippen molar-refractivity contribution in [2.24, 2.45) is 0 Å². The van der Waals surface area contributed by atoms with Crippen LogP contribution in [0.15, 0.2) is 72.8 Å². The van der Waals surface area contributed by atoms with Crippen molar-refractivity contribution in [3.63, 3.8) is 0 Å². The first-order valence-corrected chi connectivity index (χ1v) is 15.0. The second-order valence-electron chi connectivity index (χ2n) is 11.4. The number of ether oxygens (including phenoxy) is 2. The molecule has 3 aromatic carbocycles. The van der Waals surface area contributed by atoms with Gasteiger partial charge in [-0.1, -0.05) is 72.8 Å². The van der Waals surface area contributed by atoms with Gasteiger partial charge in [-0.15, -0.1) is 0 Å². The lowest BCUT2D eigenvalue weighted by Gasteiger charge is -2.38. The first-order chi connectivity index (χ1) is 20.9. The predicted octanol–water partition coefficient (Wildman–Crippen LogP) is 4.33. The first-order valence-electron chi connectivity index (χ1n) is 15.0. The third-order valence-corrected chi connectivity index (χ3v) is 8.11. The fourth-order valence-electron chi connectivity index (χ4n) is 5.76. The minimum atomic E-state index is -0.903. The molecule has 0 aliphatic carbocycles. The van der Waals surface area contributed by atoms with Crippen LogP contribution in [0.1, 0.15) is 66.8 Å². The number of nitrogens with zero attached hydrogens (tertiary/aromatic N) is 1. The number of β-amino-alcohol motifs (C(OH)–C–C–N with tert-alkyl or cyclic N) is 1. The Balaban J connectivity index is 1.29. The van der Waals surface area contributed by atoms with Gasteiger partial charge in [0, 0.05) is 51.0 Å². The van der Waals surface area contributed by atoms with Gasteiger partial charge in [-0.25, -0.2) is 0 Å². The normalized spacial score (nSPS) is 22.4. The molecule has 228 valence electrons. The molecule has 9 nitrogen and oxygen atoms in total. The second kappa shape index (κ2) is 14.7. The number of benzene rings is 3. The SMILES string of the molecule is O=C(O)CCCC(=O)NCc1ccccc1-c1ccc([C@@H]2O[C@H](CN3CC[C@H](O)C3)C[C@H](c3ccc(CO)cc3)O2)cc1. The molecule has 1 amide bonds. The average Bonchev–Trinajstić information content (AvgIpc) is 3.44. The lowest BCUT2D eigenvalue weighted by Crippen LogP contribution is -2.38. The van der Waals surface area contributed by atoms with Gasteiger partial charge in [0.05, 0.1) is 24.9 Å². The minimum absolute atomic E-state index is 0.00785. The van der Waals surface area contributed by atoms with Crippen LogP contribution in [-0.4, -0.2) is 63.9 Å². The van der Waals surface area contributed by atoms with Crippen LogP contribution in [-0.2, 0) is 32.2 Å². The maximum atomic E-state index is 12.2. The number of aliphatic hydroxyl groups is 2. The summed E-state index contributed by atoms with van der Waals surface area (Å²) in [5.41, 5.74) is 5.74. The summed E-state index contributed by atoms with van der Waals surface area (Å²) in [6, 6.07) is 23.8. The Morgan fingerprint density at radius 1 is 0.930 bits per heavy atom. The topological polar surface area (TPSA) is 129 Å². The number of hydrogen-bond donors (Lipinski definition) is 4. The number of rotatable bonds is 12. The van der Waals surface area contributed by atoms with Crippen LogP contribution in [0.4, 0.5) is 0 Å². The molecular weight excluding hydrogens is 548 g/mol. The highest BCUT2D eigenvalue weighted by Gasteiger charge is 2.34. The number of carbonyl (C=O) groups excluding carboxylic acids is 1. The Morgan fingerprint density at radius 3 is 2.37 bits per heavy atom. The monoisotopic (exact) mass is 588 g/mol. The molecule has 9 heteroatoms. The number of carboxylic acid groups (broad SMARTS) is 1. The fourth-order valence-corrected chi connectivity index (χ4v) is 5.76. The molecule has 0 spiro atoms. The number of aliphatic hydroxyl groups excluding tert-OH is 2. The highest BCUT2D eigenvalue weighted by Crippen LogP contribution is 2.39. The van der Waals surface area contributed by atoms with Gasteiger partial charge in [0.1, 0.15) is 0 Å². The Hall–Kier alpha value is -3.60. The van der Waals surface area contributed by atoms with Crippen molar-refractivity contribution in [3.05, 3.63) is 95.1 Å². The van der Waals surface area contributed by atoms with E-state index in [1.54, 1.807) is 0 Å². The van der Waals surface area contributed by atoms with Crippen LogP contribution in [0, 0.1) is 0 Å². The summed E-state index contributed by atoms with van der Waals surface area (Å²) in [7, 11) is 0. The molecular formula is C34H40N2O7. The van der Waals surface area contributed by atoms with Gasteiger partial charge < -0.3 is 30.1 Å². The van der Waals surface area contributed by atoms with Gasteiger partial charge in [-0.3, -0.25) is 14.5 Å². The predicted molar refractivity (Wildman–Crippen MR) is 161 cm³/mol. The van der Waals surface area contributed by atoms with Crippen molar-refractivity contribution in [2.75, 3.05) is 19.6 Å². The molecule has 3 aromatic rings. The summed E-state index contributed by atoms with van der Waals surface area (Å²) in [4.78, 5) is 25.2. The molecule has 0 aromatic heterocycles. The first kappa shape index (κ1) is 30.8. The van der Waals surface area contributed by atoms with Gasteiger partial charge in [0.15, 0.2) is 6.29 Å². The molecule has 4 N–H and O–H groups in total. The van der Waals surface area contributed by atoms with Crippen molar-refractivity contribution >= 4 is 11.9 Å². The minimum Gasteiger partial charge on any atom is -0.481 e. The Kier molecular flexibility index (Phi) is 10.6. The summed E-state index contributed by atoms with van der Waals surface area (Å²) >= 11 is 0. The third-order valence-electron chi connectivity index (χ3n) is 8.11. The van der Waals surface area contributed by atoms with Gasteiger partial charge in [-0.2, -0.15) is 0 Å². The Morgan fingerprint density at radius 2 is 1.67 bits per heavy atom. The van der Waals surface area contributed by atoms with E-state index in [4.69, 9.17) is 14.6 Å². The van der Waals surface area contributed by atoms with Crippen LogP contribution in [0.2, 0.25) is 0 Å². The van der Waals surface area contributed by atoms with E-state index in [2.05, 4.69) is 10.2 Å². The van der Waals surface area contributed by atoms with Crippen molar-refractivity contribution in [1.29, 1.82) is 0 Å². The van der Waals surface area contributed by atoms with Crippen molar-refractivity contribution in [3.8, 4) is 11.1 Å². The third kappa shape index (κ3) is 8.49. The van der Waals surface area contributed by atoms with E-state index in [0.717, 1.165) is 52.9 Å². The van der Waals surface area contributed by atoms with E-state index in [1.165, 1.54) is 0 Å². The fraction of sp³-hybridized carbons (Fsp3) is 0.412. The summed E-state index contributed by atoms with van der Waals surface area (Å²) in [5, 5.41) is 31.2. The van der Waals surface area contributed by atoms with Gasteiger partial charge >= 0.3 is 5.97 Å². The highest BCUT2D eigenvalue weighted by molar-refractivity contribution is 5.77. The van der Waals surface area contributed by atoms with Crippen LogP contribution in [0.3, 0.4) is 0 Å². The average molecular weight is 589 g/mol. The summed E-state index contributed by atoms with van der Waals surface area (Å²) in [6.07, 6.45) is 0.812. The van der Waals surface area contributed by atoms with Crippen molar-refractivity contribution in [1.82, 2.24) is 10.2 Å².